The van der Waals surface area contributed by atoms with Crippen molar-refractivity contribution in [2.75, 3.05) is 0 Å². The molecule has 0 bridgehead atoms. The lowest BCUT2D eigenvalue weighted by Gasteiger charge is -2.05. The standard InChI is InChI=1S/C12H18N2O2/c1-9(2)8-10-6-7-13-11(14-10)4-3-5-12(15)16/h6-7,9H,3-5,8H2,1-2H3,(H,15,16). The van der Waals surface area contributed by atoms with E-state index in [4.69, 9.17) is 5.11 Å². The highest BCUT2D eigenvalue weighted by atomic mass is 16.4. The number of carboxylic acids is 1. The SMILES string of the molecule is CC(C)Cc1ccnc(CCCC(=O)O)n1. The Kier molecular flexibility index (Phi) is 4.89. The van der Waals surface area contributed by atoms with Crippen LogP contribution in [-0.4, -0.2) is 21.0 Å². The first-order valence-corrected chi connectivity index (χ1v) is 5.60. The monoisotopic (exact) mass is 222 g/mol. The fraction of sp³-hybridized carbons (Fsp3) is 0.583. The number of hydrogen-bond donors (Lipinski definition) is 1. The molecule has 1 aromatic heterocycles. The number of aliphatic carboxylic acids is 1. The molecule has 0 unspecified atom stereocenters. The predicted octanol–water partition coefficient (Wildman–Crippen LogP) is 2.08. The van der Waals surface area contributed by atoms with Crippen LogP contribution in [0.4, 0.5) is 0 Å². The van der Waals surface area contributed by atoms with Gasteiger partial charge in [0.25, 0.3) is 0 Å². The molecule has 0 aliphatic heterocycles. The summed E-state index contributed by atoms with van der Waals surface area (Å²) < 4.78 is 0. The van der Waals surface area contributed by atoms with Gasteiger partial charge in [-0.05, 0) is 24.8 Å². The summed E-state index contributed by atoms with van der Waals surface area (Å²) >= 11 is 0. The summed E-state index contributed by atoms with van der Waals surface area (Å²) in [5, 5.41) is 8.52. The van der Waals surface area contributed by atoms with Crippen molar-refractivity contribution in [2.24, 2.45) is 5.92 Å². The molecule has 4 heteroatoms. The Balaban J connectivity index is 2.50. The molecule has 0 aliphatic carbocycles. The Morgan fingerprint density at radius 2 is 2.25 bits per heavy atom. The van der Waals surface area contributed by atoms with Gasteiger partial charge in [-0.25, -0.2) is 9.97 Å². The van der Waals surface area contributed by atoms with Gasteiger partial charge in [0.1, 0.15) is 5.82 Å². The summed E-state index contributed by atoms with van der Waals surface area (Å²) in [5.41, 5.74) is 1.04. The second kappa shape index (κ2) is 6.20. The van der Waals surface area contributed by atoms with Gasteiger partial charge in [0.05, 0.1) is 0 Å². The highest BCUT2D eigenvalue weighted by molar-refractivity contribution is 5.66. The van der Waals surface area contributed by atoms with E-state index in [-0.39, 0.29) is 6.42 Å². The van der Waals surface area contributed by atoms with Crippen molar-refractivity contribution in [3.05, 3.63) is 23.8 Å². The van der Waals surface area contributed by atoms with Crippen molar-refractivity contribution in [3.8, 4) is 0 Å². The van der Waals surface area contributed by atoms with Gasteiger partial charge in [-0.3, -0.25) is 4.79 Å². The largest absolute Gasteiger partial charge is 0.481 e. The molecule has 0 amide bonds. The smallest absolute Gasteiger partial charge is 0.303 e. The van der Waals surface area contributed by atoms with E-state index in [2.05, 4.69) is 23.8 Å². The maximum atomic E-state index is 10.4. The number of nitrogens with zero attached hydrogens (tertiary/aromatic N) is 2. The Hall–Kier alpha value is -1.45. The number of aromatic nitrogens is 2. The van der Waals surface area contributed by atoms with Crippen molar-refractivity contribution < 1.29 is 9.90 Å². The minimum Gasteiger partial charge on any atom is -0.481 e. The van der Waals surface area contributed by atoms with Crippen molar-refractivity contribution in [3.63, 3.8) is 0 Å². The minimum absolute atomic E-state index is 0.178. The van der Waals surface area contributed by atoms with Gasteiger partial charge in [0.15, 0.2) is 0 Å². The number of hydrogen-bond acceptors (Lipinski definition) is 3. The summed E-state index contributed by atoms with van der Waals surface area (Å²) in [6.45, 7) is 4.29. The van der Waals surface area contributed by atoms with Crippen LogP contribution in [0, 0.1) is 5.92 Å². The maximum Gasteiger partial charge on any atom is 0.303 e. The summed E-state index contributed by atoms with van der Waals surface area (Å²) in [5.74, 6) is 0.555. The highest BCUT2D eigenvalue weighted by Gasteiger charge is 2.03. The average molecular weight is 222 g/mol. The third-order valence-corrected chi connectivity index (χ3v) is 2.17. The van der Waals surface area contributed by atoms with Gasteiger partial charge in [0.2, 0.25) is 0 Å². The van der Waals surface area contributed by atoms with Crippen LogP contribution in [0.25, 0.3) is 0 Å². The lowest BCUT2D eigenvalue weighted by molar-refractivity contribution is -0.137. The van der Waals surface area contributed by atoms with Crippen molar-refractivity contribution in [2.45, 2.75) is 39.5 Å². The molecule has 88 valence electrons. The maximum absolute atomic E-state index is 10.4. The molecule has 16 heavy (non-hydrogen) atoms. The van der Waals surface area contributed by atoms with Gasteiger partial charge in [-0.2, -0.15) is 0 Å². The number of carboxylic acid groups (broad SMARTS) is 1. The van der Waals surface area contributed by atoms with E-state index in [0.29, 0.717) is 18.8 Å². The van der Waals surface area contributed by atoms with E-state index in [0.717, 1.165) is 17.9 Å². The quantitative estimate of drug-likeness (QED) is 0.800. The van der Waals surface area contributed by atoms with E-state index in [9.17, 15) is 4.79 Å². The Morgan fingerprint density at radius 3 is 2.88 bits per heavy atom. The highest BCUT2D eigenvalue weighted by Crippen LogP contribution is 2.06. The van der Waals surface area contributed by atoms with Gasteiger partial charge >= 0.3 is 5.97 Å². The molecule has 0 saturated heterocycles. The first-order valence-electron chi connectivity index (χ1n) is 5.60. The summed E-state index contributed by atoms with van der Waals surface area (Å²) in [4.78, 5) is 18.9. The van der Waals surface area contributed by atoms with Gasteiger partial charge in [0, 0.05) is 24.7 Å². The average Bonchev–Trinajstić information content (AvgIpc) is 2.16. The molecular weight excluding hydrogens is 204 g/mol. The lowest BCUT2D eigenvalue weighted by Crippen LogP contribution is -2.03. The van der Waals surface area contributed by atoms with E-state index < -0.39 is 5.97 Å². The molecule has 0 aliphatic rings. The number of rotatable bonds is 6. The Morgan fingerprint density at radius 1 is 1.50 bits per heavy atom. The van der Waals surface area contributed by atoms with Crippen LogP contribution in [0.3, 0.4) is 0 Å². The molecule has 1 heterocycles. The zero-order valence-corrected chi connectivity index (χ0v) is 9.81. The molecule has 0 radical (unpaired) electrons. The molecule has 0 atom stereocenters. The number of aryl methyl sites for hydroxylation is 1. The van der Waals surface area contributed by atoms with Crippen molar-refractivity contribution in [1.29, 1.82) is 0 Å². The van der Waals surface area contributed by atoms with Crippen LogP contribution in [0.1, 0.15) is 38.2 Å². The van der Waals surface area contributed by atoms with Gasteiger partial charge < -0.3 is 5.11 Å². The van der Waals surface area contributed by atoms with Crippen LogP contribution in [0.5, 0.6) is 0 Å². The molecule has 0 saturated carbocycles. The van der Waals surface area contributed by atoms with Crippen LogP contribution < -0.4 is 0 Å². The zero-order valence-electron chi connectivity index (χ0n) is 9.81. The van der Waals surface area contributed by atoms with Crippen molar-refractivity contribution in [1.82, 2.24) is 9.97 Å². The van der Waals surface area contributed by atoms with E-state index in [1.165, 1.54) is 0 Å². The molecule has 4 nitrogen and oxygen atoms in total. The second-order valence-electron chi connectivity index (χ2n) is 4.31. The fourth-order valence-electron chi connectivity index (χ4n) is 1.49. The Labute approximate surface area is 95.7 Å². The second-order valence-corrected chi connectivity index (χ2v) is 4.31. The first-order chi connectivity index (χ1) is 7.58. The molecule has 1 aromatic rings. The third-order valence-electron chi connectivity index (χ3n) is 2.17. The Bertz CT molecular complexity index is 351. The van der Waals surface area contributed by atoms with Gasteiger partial charge in [-0.15, -0.1) is 0 Å². The zero-order chi connectivity index (χ0) is 12.0. The van der Waals surface area contributed by atoms with E-state index in [1.807, 2.05) is 6.07 Å². The van der Waals surface area contributed by atoms with E-state index >= 15 is 0 Å². The summed E-state index contributed by atoms with van der Waals surface area (Å²) in [6.07, 6.45) is 4.10. The van der Waals surface area contributed by atoms with Crippen molar-refractivity contribution >= 4 is 5.97 Å². The van der Waals surface area contributed by atoms with Crippen LogP contribution in [-0.2, 0) is 17.6 Å². The summed E-state index contributed by atoms with van der Waals surface area (Å²) in [6, 6.07) is 1.92. The van der Waals surface area contributed by atoms with Crippen LogP contribution in [0.2, 0.25) is 0 Å². The molecule has 0 spiro atoms. The molecule has 1 rings (SSSR count). The van der Waals surface area contributed by atoms with Crippen LogP contribution in [0.15, 0.2) is 12.3 Å². The molecule has 0 fully saturated rings. The van der Waals surface area contributed by atoms with Gasteiger partial charge in [-0.1, -0.05) is 13.8 Å². The molecule has 0 aromatic carbocycles. The predicted molar refractivity (Wildman–Crippen MR) is 61.1 cm³/mol. The van der Waals surface area contributed by atoms with Crippen LogP contribution >= 0.6 is 0 Å². The lowest BCUT2D eigenvalue weighted by atomic mass is 10.1. The fourth-order valence-corrected chi connectivity index (χ4v) is 1.49. The summed E-state index contributed by atoms with van der Waals surface area (Å²) in [7, 11) is 0. The minimum atomic E-state index is -0.765. The van der Waals surface area contributed by atoms with E-state index in [1.54, 1.807) is 6.20 Å². The topological polar surface area (TPSA) is 63.1 Å². The normalized spacial score (nSPS) is 10.7. The molecule has 1 N–H and O–H groups in total. The molecular formula is C12H18N2O2. The number of carbonyl (C=O) groups is 1. The first kappa shape index (κ1) is 12.6. The third kappa shape index (κ3) is 4.87.